The number of halogens is 3. The molecule has 1 unspecified atom stereocenters. The summed E-state index contributed by atoms with van der Waals surface area (Å²) in [6.45, 7) is 4.17. The van der Waals surface area contributed by atoms with E-state index in [1.54, 1.807) is 6.92 Å². The van der Waals surface area contributed by atoms with Gasteiger partial charge in [-0.2, -0.15) is 13.2 Å². The third-order valence-electron chi connectivity index (χ3n) is 2.86. The molecular weight excluding hydrogens is 287 g/mol. The first-order chi connectivity index (χ1) is 9.25. The van der Waals surface area contributed by atoms with E-state index >= 15 is 0 Å². The van der Waals surface area contributed by atoms with Gasteiger partial charge in [-0.15, -0.1) is 0 Å². The molecule has 0 saturated heterocycles. The number of hydrogen-bond donors (Lipinski definition) is 1. The SMILES string of the molecule is CCCOc1ccc(C(F)(F)F)cc1CC(C)C(N)=S. The average Bonchev–Trinajstić information content (AvgIpc) is 2.35. The Bertz CT molecular complexity index is 474. The molecule has 1 atom stereocenters. The predicted octanol–water partition coefficient (Wildman–Crippen LogP) is 3.96. The molecule has 0 aliphatic rings. The van der Waals surface area contributed by atoms with Crippen molar-refractivity contribution < 1.29 is 17.9 Å². The normalized spacial score (nSPS) is 13.1. The third kappa shape index (κ3) is 4.67. The van der Waals surface area contributed by atoms with Crippen molar-refractivity contribution in [3.8, 4) is 5.75 Å². The zero-order valence-electron chi connectivity index (χ0n) is 11.5. The standard InChI is InChI=1S/C14H18F3NOS/c1-3-6-19-12-5-4-11(14(15,16)17)8-10(12)7-9(2)13(18)20/h4-5,8-9H,3,6-7H2,1-2H3,(H2,18,20). The maximum atomic E-state index is 12.8. The number of rotatable bonds is 6. The Morgan fingerprint density at radius 2 is 2.05 bits per heavy atom. The van der Waals surface area contributed by atoms with Crippen molar-refractivity contribution in [1.29, 1.82) is 0 Å². The second kappa shape index (κ2) is 6.92. The van der Waals surface area contributed by atoms with E-state index in [0.29, 0.717) is 24.3 Å². The fraction of sp³-hybridized carbons (Fsp3) is 0.500. The van der Waals surface area contributed by atoms with Crippen molar-refractivity contribution in [1.82, 2.24) is 0 Å². The van der Waals surface area contributed by atoms with Gasteiger partial charge in [-0.1, -0.05) is 26.1 Å². The zero-order valence-corrected chi connectivity index (χ0v) is 12.3. The van der Waals surface area contributed by atoms with Gasteiger partial charge in [0, 0.05) is 5.92 Å². The average molecular weight is 305 g/mol. The molecule has 1 aromatic rings. The minimum Gasteiger partial charge on any atom is -0.493 e. The lowest BCUT2D eigenvalue weighted by atomic mass is 9.98. The smallest absolute Gasteiger partial charge is 0.416 e. The molecule has 0 fully saturated rings. The highest BCUT2D eigenvalue weighted by atomic mass is 32.1. The number of ether oxygens (including phenoxy) is 1. The number of hydrogen-bond acceptors (Lipinski definition) is 2. The second-order valence-electron chi connectivity index (χ2n) is 4.68. The molecule has 0 heterocycles. The van der Waals surface area contributed by atoms with Crippen molar-refractivity contribution in [2.75, 3.05) is 6.61 Å². The van der Waals surface area contributed by atoms with Crippen LogP contribution in [0.15, 0.2) is 18.2 Å². The van der Waals surface area contributed by atoms with Crippen LogP contribution in [-0.2, 0) is 12.6 Å². The Morgan fingerprint density at radius 1 is 1.40 bits per heavy atom. The van der Waals surface area contributed by atoms with Crippen molar-refractivity contribution in [3.63, 3.8) is 0 Å². The van der Waals surface area contributed by atoms with Crippen LogP contribution in [0.3, 0.4) is 0 Å². The second-order valence-corrected chi connectivity index (χ2v) is 5.15. The Kier molecular flexibility index (Phi) is 5.80. The van der Waals surface area contributed by atoms with Crippen LogP contribution in [0.5, 0.6) is 5.75 Å². The van der Waals surface area contributed by atoms with Crippen molar-refractivity contribution in [3.05, 3.63) is 29.3 Å². The topological polar surface area (TPSA) is 35.2 Å². The van der Waals surface area contributed by atoms with E-state index in [2.05, 4.69) is 0 Å². The molecule has 0 bridgehead atoms. The molecule has 112 valence electrons. The molecule has 2 nitrogen and oxygen atoms in total. The molecule has 2 N–H and O–H groups in total. The molecule has 1 rings (SSSR count). The molecule has 0 aliphatic carbocycles. The Balaban J connectivity index is 3.08. The summed E-state index contributed by atoms with van der Waals surface area (Å²) in [6, 6.07) is 3.50. The van der Waals surface area contributed by atoms with E-state index in [1.165, 1.54) is 6.07 Å². The molecule has 0 radical (unpaired) electrons. The highest BCUT2D eigenvalue weighted by molar-refractivity contribution is 7.80. The molecule has 0 spiro atoms. The highest BCUT2D eigenvalue weighted by Crippen LogP contribution is 2.33. The van der Waals surface area contributed by atoms with Crippen LogP contribution in [-0.4, -0.2) is 11.6 Å². The largest absolute Gasteiger partial charge is 0.493 e. The lowest BCUT2D eigenvalue weighted by molar-refractivity contribution is -0.137. The lowest BCUT2D eigenvalue weighted by Crippen LogP contribution is -2.20. The van der Waals surface area contributed by atoms with Gasteiger partial charge in [-0.3, -0.25) is 0 Å². The van der Waals surface area contributed by atoms with Crippen LogP contribution in [0.4, 0.5) is 13.2 Å². The van der Waals surface area contributed by atoms with Gasteiger partial charge in [0.25, 0.3) is 0 Å². The van der Waals surface area contributed by atoms with E-state index in [0.717, 1.165) is 18.6 Å². The summed E-state index contributed by atoms with van der Waals surface area (Å²) >= 11 is 4.87. The molecule has 1 aromatic carbocycles. The molecule has 0 saturated carbocycles. The first kappa shape index (κ1) is 16.8. The van der Waals surface area contributed by atoms with Crippen molar-refractivity contribution in [2.24, 2.45) is 11.7 Å². The van der Waals surface area contributed by atoms with Crippen LogP contribution in [0.2, 0.25) is 0 Å². The first-order valence-electron chi connectivity index (χ1n) is 6.38. The van der Waals surface area contributed by atoms with Gasteiger partial charge in [0.05, 0.1) is 17.2 Å². The van der Waals surface area contributed by atoms with Gasteiger partial charge in [-0.25, -0.2) is 0 Å². The summed E-state index contributed by atoms with van der Waals surface area (Å²) < 4.78 is 43.8. The Morgan fingerprint density at radius 3 is 2.55 bits per heavy atom. The maximum absolute atomic E-state index is 12.8. The van der Waals surface area contributed by atoms with Gasteiger partial charge in [0.15, 0.2) is 0 Å². The van der Waals surface area contributed by atoms with E-state index in [4.69, 9.17) is 22.7 Å². The van der Waals surface area contributed by atoms with Gasteiger partial charge in [-0.05, 0) is 36.6 Å². The summed E-state index contributed by atoms with van der Waals surface area (Å²) in [7, 11) is 0. The van der Waals surface area contributed by atoms with Crippen LogP contribution in [0.25, 0.3) is 0 Å². The molecule has 0 amide bonds. The van der Waals surface area contributed by atoms with Crippen molar-refractivity contribution in [2.45, 2.75) is 32.9 Å². The number of alkyl halides is 3. The monoisotopic (exact) mass is 305 g/mol. The minimum absolute atomic E-state index is 0.183. The molecule has 0 aliphatic heterocycles. The van der Waals surface area contributed by atoms with Crippen LogP contribution in [0.1, 0.15) is 31.4 Å². The lowest BCUT2D eigenvalue weighted by Gasteiger charge is -2.16. The van der Waals surface area contributed by atoms with E-state index in [9.17, 15) is 13.2 Å². The van der Waals surface area contributed by atoms with Crippen LogP contribution in [0, 0.1) is 5.92 Å². The van der Waals surface area contributed by atoms with E-state index < -0.39 is 11.7 Å². The van der Waals surface area contributed by atoms with E-state index in [1.807, 2.05) is 6.92 Å². The fourth-order valence-corrected chi connectivity index (χ4v) is 1.78. The highest BCUT2D eigenvalue weighted by Gasteiger charge is 2.31. The molecule has 6 heteroatoms. The predicted molar refractivity (Wildman–Crippen MR) is 76.9 cm³/mol. The van der Waals surface area contributed by atoms with Crippen LogP contribution < -0.4 is 10.5 Å². The van der Waals surface area contributed by atoms with Crippen molar-refractivity contribution >= 4 is 17.2 Å². The summed E-state index contributed by atoms with van der Waals surface area (Å²) in [6.07, 6.45) is -3.26. The number of benzene rings is 1. The Labute approximate surface area is 122 Å². The first-order valence-corrected chi connectivity index (χ1v) is 6.78. The molecular formula is C14H18F3NOS. The molecule has 20 heavy (non-hydrogen) atoms. The summed E-state index contributed by atoms with van der Waals surface area (Å²) in [5.41, 5.74) is 5.32. The molecule has 0 aromatic heterocycles. The maximum Gasteiger partial charge on any atom is 0.416 e. The summed E-state index contributed by atoms with van der Waals surface area (Å²) in [5, 5.41) is 0. The fourth-order valence-electron chi connectivity index (χ4n) is 1.70. The van der Waals surface area contributed by atoms with Crippen LogP contribution >= 0.6 is 12.2 Å². The Hall–Kier alpha value is -1.30. The quantitative estimate of drug-likeness (QED) is 0.808. The van der Waals surface area contributed by atoms with Gasteiger partial charge >= 0.3 is 6.18 Å². The summed E-state index contributed by atoms with van der Waals surface area (Å²) in [5.74, 6) is 0.278. The number of nitrogens with two attached hydrogens (primary N) is 1. The number of thiocarbonyl (C=S) groups is 1. The van der Waals surface area contributed by atoms with E-state index in [-0.39, 0.29) is 10.9 Å². The zero-order chi connectivity index (χ0) is 15.3. The summed E-state index contributed by atoms with van der Waals surface area (Å²) in [4.78, 5) is 0.281. The van der Waals surface area contributed by atoms with Gasteiger partial charge in [0.2, 0.25) is 0 Å². The van der Waals surface area contributed by atoms with Gasteiger partial charge < -0.3 is 10.5 Å². The third-order valence-corrected chi connectivity index (χ3v) is 3.26. The van der Waals surface area contributed by atoms with Gasteiger partial charge in [0.1, 0.15) is 5.75 Å². The minimum atomic E-state index is -4.37.